The lowest BCUT2D eigenvalue weighted by molar-refractivity contribution is 0.550. The molecular formula is C37H30N4. The predicted molar refractivity (Wildman–Crippen MR) is 170 cm³/mol. The van der Waals surface area contributed by atoms with Gasteiger partial charge in [-0.15, -0.1) is 0 Å². The summed E-state index contributed by atoms with van der Waals surface area (Å²) in [7, 11) is 0. The number of aromatic nitrogens is 4. The molecule has 0 radical (unpaired) electrons. The molecule has 4 heteroatoms. The Morgan fingerprint density at radius 2 is 0.951 bits per heavy atom. The van der Waals surface area contributed by atoms with E-state index in [-0.39, 0.29) is 0 Å². The largest absolute Gasteiger partial charge is 0.321 e. The van der Waals surface area contributed by atoms with Crippen molar-refractivity contribution in [1.82, 2.24) is 19.5 Å². The quantitative estimate of drug-likeness (QED) is 0.215. The van der Waals surface area contributed by atoms with Gasteiger partial charge >= 0.3 is 0 Å². The van der Waals surface area contributed by atoms with Crippen molar-refractivity contribution in [2.24, 2.45) is 0 Å². The van der Waals surface area contributed by atoms with Gasteiger partial charge in [-0.1, -0.05) is 110 Å². The molecule has 198 valence electrons. The average Bonchev–Trinajstić information content (AvgIpc) is 3.44. The monoisotopic (exact) mass is 530 g/mol. The van der Waals surface area contributed by atoms with Gasteiger partial charge in [-0.2, -0.15) is 0 Å². The topological polar surface area (TPSA) is 43.6 Å². The van der Waals surface area contributed by atoms with Gasteiger partial charge in [0.25, 0.3) is 0 Å². The fourth-order valence-electron chi connectivity index (χ4n) is 5.51. The Kier molecular flexibility index (Phi) is 6.36. The third-order valence-electron chi connectivity index (χ3n) is 7.88. The summed E-state index contributed by atoms with van der Waals surface area (Å²) >= 11 is 0. The van der Waals surface area contributed by atoms with Gasteiger partial charge in [-0.25, -0.2) is 15.0 Å². The summed E-state index contributed by atoms with van der Waals surface area (Å²) in [6.07, 6.45) is 1.05. The highest BCUT2D eigenvalue weighted by Gasteiger charge is 2.17. The molecule has 0 fully saturated rings. The van der Waals surface area contributed by atoms with E-state index in [2.05, 4.69) is 103 Å². The third kappa shape index (κ3) is 4.57. The Balaban J connectivity index is 1.24. The van der Waals surface area contributed by atoms with E-state index in [9.17, 15) is 0 Å². The van der Waals surface area contributed by atoms with Crippen molar-refractivity contribution in [3.63, 3.8) is 0 Å². The van der Waals surface area contributed by atoms with E-state index in [4.69, 9.17) is 15.0 Å². The molecule has 41 heavy (non-hydrogen) atoms. The molecule has 1 atom stereocenters. The first-order chi connectivity index (χ1) is 20.2. The number of imidazole rings is 1. The summed E-state index contributed by atoms with van der Waals surface area (Å²) in [5.41, 5.74) is 11.3. The number of benzene rings is 5. The first-order valence-corrected chi connectivity index (χ1v) is 14.2. The number of hydrogen-bond acceptors (Lipinski definition) is 3. The van der Waals surface area contributed by atoms with Crippen molar-refractivity contribution in [3.8, 4) is 45.0 Å². The van der Waals surface area contributed by atoms with Gasteiger partial charge in [0.1, 0.15) is 5.82 Å². The fourth-order valence-corrected chi connectivity index (χ4v) is 5.51. The molecule has 0 N–H and O–H groups in total. The van der Waals surface area contributed by atoms with Crippen molar-refractivity contribution in [2.75, 3.05) is 0 Å². The third-order valence-corrected chi connectivity index (χ3v) is 7.88. The van der Waals surface area contributed by atoms with Gasteiger partial charge in [0.2, 0.25) is 0 Å². The zero-order valence-corrected chi connectivity index (χ0v) is 23.2. The maximum atomic E-state index is 5.04. The molecule has 0 aliphatic heterocycles. The van der Waals surface area contributed by atoms with Crippen LogP contribution in [-0.4, -0.2) is 19.5 Å². The summed E-state index contributed by atoms with van der Waals surface area (Å²) < 4.78 is 2.37. The van der Waals surface area contributed by atoms with Crippen LogP contribution in [-0.2, 0) is 0 Å². The van der Waals surface area contributed by atoms with E-state index < -0.39 is 0 Å². The highest BCUT2D eigenvalue weighted by atomic mass is 15.1. The van der Waals surface area contributed by atoms with Gasteiger partial charge in [0, 0.05) is 22.7 Å². The van der Waals surface area contributed by atoms with Crippen LogP contribution in [0.3, 0.4) is 0 Å². The second kappa shape index (κ2) is 10.5. The van der Waals surface area contributed by atoms with Gasteiger partial charge < -0.3 is 4.57 Å². The summed E-state index contributed by atoms with van der Waals surface area (Å²) in [6, 6.07) is 44.5. The molecule has 0 aliphatic rings. The van der Waals surface area contributed by atoms with Gasteiger partial charge in [-0.3, -0.25) is 0 Å². The second-order valence-corrected chi connectivity index (χ2v) is 10.5. The SMILES string of the molecule is CCC(C)n1c(-c2ccc(-c3ccc(-c4nc5ccccc5nc4-c4ccccc4)cc3)cc2)nc2ccccc21. The lowest BCUT2D eigenvalue weighted by Crippen LogP contribution is -2.05. The van der Waals surface area contributed by atoms with Crippen molar-refractivity contribution >= 4 is 22.1 Å². The van der Waals surface area contributed by atoms with Crippen LogP contribution in [0.4, 0.5) is 0 Å². The smallest absolute Gasteiger partial charge is 0.141 e. The lowest BCUT2D eigenvalue weighted by atomic mass is 9.99. The van der Waals surface area contributed by atoms with Crippen LogP contribution in [0.25, 0.3) is 67.1 Å². The molecule has 2 aromatic heterocycles. The van der Waals surface area contributed by atoms with E-state index in [0.29, 0.717) is 6.04 Å². The molecule has 0 spiro atoms. The Hall–Kier alpha value is -5.09. The predicted octanol–water partition coefficient (Wildman–Crippen LogP) is 9.62. The molecule has 7 rings (SSSR count). The van der Waals surface area contributed by atoms with Crippen LogP contribution in [0.5, 0.6) is 0 Å². The minimum atomic E-state index is 0.364. The molecular weight excluding hydrogens is 500 g/mol. The Morgan fingerprint density at radius 3 is 1.54 bits per heavy atom. The van der Waals surface area contributed by atoms with E-state index in [1.807, 2.05) is 42.5 Å². The summed E-state index contributed by atoms with van der Waals surface area (Å²) in [5.74, 6) is 1.02. The van der Waals surface area contributed by atoms with Crippen LogP contribution in [0.2, 0.25) is 0 Å². The maximum Gasteiger partial charge on any atom is 0.141 e. The first kappa shape index (κ1) is 24.9. The number of rotatable bonds is 6. The van der Waals surface area contributed by atoms with Crippen LogP contribution in [0.15, 0.2) is 127 Å². The van der Waals surface area contributed by atoms with E-state index in [1.54, 1.807) is 0 Å². The number of hydrogen-bond donors (Lipinski definition) is 0. The average molecular weight is 531 g/mol. The first-order valence-electron chi connectivity index (χ1n) is 14.2. The molecule has 4 nitrogen and oxygen atoms in total. The maximum absolute atomic E-state index is 5.04. The Labute approximate surface area is 240 Å². The summed E-state index contributed by atoms with van der Waals surface area (Å²) in [4.78, 5) is 15.1. The zero-order valence-electron chi connectivity index (χ0n) is 23.2. The van der Waals surface area contributed by atoms with Crippen LogP contribution >= 0.6 is 0 Å². The molecule has 2 heterocycles. The lowest BCUT2D eigenvalue weighted by Gasteiger charge is -2.16. The van der Waals surface area contributed by atoms with Crippen LogP contribution in [0, 0.1) is 0 Å². The minimum absolute atomic E-state index is 0.364. The van der Waals surface area contributed by atoms with Crippen LogP contribution < -0.4 is 0 Å². The number of para-hydroxylation sites is 4. The van der Waals surface area contributed by atoms with Crippen LogP contribution in [0.1, 0.15) is 26.3 Å². The van der Waals surface area contributed by atoms with Gasteiger partial charge in [0.05, 0.1) is 33.5 Å². The summed E-state index contributed by atoms with van der Waals surface area (Å²) in [5, 5.41) is 0. The van der Waals surface area contributed by atoms with Crippen molar-refractivity contribution < 1.29 is 0 Å². The summed E-state index contributed by atoms with van der Waals surface area (Å²) in [6.45, 7) is 4.49. The fraction of sp³-hybridized carbons (Fsp3) is 0.108. The molecule has 0 amide bonds. The molecule has 1 unspecified atom stereocenters. The molecule has 5 aromatic carbocycles. The number of fused-ring (bicyclic) bond motifs is 2. The Morgan fingerprint density at radius 1 is 0.488 bits per heavy atom. The van der Waals surface area contributed by atoms with E-state index >= 15 is 0 Å². The normalized spacial score (nSPS) is 12.1. The van der Waals surface area contributed by atoms with Crippen molar-refractivity contribution in [1.29, 1.82) is 0 Å². The van der Waals surface area contributed by atoms with Crippen molar-refractivity contribution in [3.05, 3.63) is 127 Å². The van der Waals surface area contributed by atoms with Gasteiger partial charge in [-0.05, 0) is 48.7 Å². The standard InChI is InChI=1S/C37H30N4/c1-3-25(2)41-34-16-10-9-15-33(34)40-37(41)30-23-19-27(20-24-30)26-17-21-29(22-18-26)36-35(28-11-5-4-6-12-28)38-31-13-7-8-14-32(31)39-36/h4-25H,3H2,1-2H3. The molecule has 0 bridgehead atoms. The van der Waals surface area contributed by atoms with E-state index in [1.165, 1.54) is 11.1 Å². The molecule has 0 saturated carbocycles. The van der Waals surface area contributed by atoms with Gasteiger partial charge in [0.15, 0.2) is 0 Å². The number of nitrogens with zero attached hydrogens (tertiary/aromatic N) is 4. The minimum Gasteiger partial charge on any atom is -0.321 e. The highest BCUT2D eigenvalue weighted by Crippen LogP contribution is 2.34. The molecule has 0 saturated heterocycles. The highest BCUT2D eigenvalue weighted by molar-refractivity contribution is 5.87. The Bertz CT molecular complexity index is 1970. The molecule has 0 aliphatic carbocycles. The molecule has 7 aromatic rings. The zero-order chi connectivity index (χ0) is 27.8. The van der Waals surface area contributed by atoms with Crippen molar-refractivity contribution in [2.45, 2.75) is 26.3 Å². The second-order valence-electron chi connectivity index (χ2n) is 10.5. The van der Waals surface area contributed by atoms with E-state index in [0.717, 1.165) is 62.4 Å².